The number of benzene rings is 1. The van der Waals surface area contributed by atoms with E-state index < -0.39 is 0 Å². The minimum absolute atomic E-state index is 0.171. The second-order valence-electron chi connectivity index (χ2n) is 3.92. The molecule has 0 spiro atoms. The van der Waals surface area contributed by atoms with Gasteiger partial charge in [-0.1, -0.05) is 17.7 Å². The van der Waals surface area contributed by atoms with Crippen LogP contribution in [0.25, 0.3) is 0 Å². The Hall–Kier alpha value is -2.34. The van der Waals surface area contributed by atoms with Gasteiger partial charge in [0.05, 0.1) is 13.0 Å². The summed E-state index contributed by atoms with van der Waals surface area (Å²) in [6, 6.07) is 8.53. The number of ether oxygens (including phenoxy) is 1. The topological polar surface area (TPSA) is 90.1 Å². The molecule has 0 aliphatic carbocycles. The average Bonchev–Trinajstić information content (AvgIpc) is 2.38. The van der Waals surface area contributed by atoms with Crippen LogP contribution < -0.4 is 15.8 Å². The number of nitrogens with zero attached hydrogens (tertiary/aromatic N) is 2. The van der Waals surface area contributed by atoms with Crippen molar-refractivity contribution in [1.82, 2.24) is 9.97 Å². The lowest BCUT2D eigenvalue weighted by Crippen LogP contribution is -2.16. The number of nitrogen functional groups attached to an aromatic ring is 1. The summed E-state index contributed by atoms with van der Waals surface area (Å²) in [4.78, 5) is 19.4. The van der Waals surface area contributed by atoms with Gasteiger partial charge in [0.1, 0.15) is 10.9 Å². The zero-order valence-electron chi connectivity index (χ0n) is 10.5. The highest BCUT2D eigenvalue weighted by Crippen LogP contribution is 2.14. The average molecular weight is 293 g/mol. The third kappa shape index (κ3) is 4.40. The van der Waals surface area contributed by atoms with Gasteiger partial charge in [0.15, 0.2) is 0 Å². The molecule has 0 aliphatic rings. The van der Waals surface area contributed by atoms with Crippen LogP contribution in [0.5, 0.6) is 5.75 Å². The molecule has 20 heavy (non-hydrogen) atoms. The molecular weight excluding hydrogens is 280 g/mol. The van der Waals surface area contributed by atoms with E-state index in [4.69, 9.17) is 22.1 Å². The molecule has 0 unspecified atom stereocenters. The van der Waals surface area contributed by atoms with E-state index in [0.717, 1.165) is 0 Å². The molecule has 6 nitrogen and oxygen atoms in total. The number of nitrogens with one attached hydrogen (secondary N) is 1. The molecule has 0 fully saturated rings. The van der Waals surface area contributed by atoms with E-state index in [1.165, 1.54) is 12.3 Å². The molecule has 7 heteroatoms. The first-order valence-electron chi connectivity index (χ1n) is 5.90. The molecule has 0 saturated carbocycles. The lowest BCUT2D eigenvalue weighted by molar-refractivity contribution is -0.116. The molecule has 0 atom stereocenters. The van der Waals surface area contributed by atoms with Crippen molar-refractivity contribution >= 4 is 29.1 Å². The van der Waals surface area contributed by atoms with Gasteiger partial charge in [-0.3, -0.25) is 10.1 Å². The van der Waals surface area contributed by atoms with E-state index in [2.05, 4.69) is 15.3 Å². The third-order valence-corrected chi connectivity index (χ3v) is 2.54. The standard InChI is InChI=1S/C13H13ClN4O2/c14-11-4-6-16-13(17-11)18-12(19)5-7-20-10-3-1-2-9(15)8-10/h1-4,6,8H,5,7,15H2,(H,16,17,18,19). The van der Waals surface area contributed by atoms with Crippen molar-refractivity contribution in [2.24, 2.45) is 0 Å². The molecule has 1 heterocycles. The van der Waals surface area contributed by atoms with Crippen molar-refractivity contribution in [2.45, 2.75) is 6.42 Å². The zero-order valence-corrected chi connectivity index (χ0v) is 11.3. The van der Waals surface area contributed by atoms with Gasteiger partial charge in [0.25, 0.3) is 0 Å². The molecule has 1 amide bonds. The lowest BCUT2D eigenvalue weighted by atomic mass is 10.3. The molecule has 1 aromatic heterocycles. The Bertz CT molecular complexity index is 606. The Morgan fingerprint density at radius 2 is 2.25 bits per heavy atom. The maximum Gasteiger partial charge on any atom is 0.230 e. The van der Waals surface area contributed by atoms with Crippen LogP contribution in [0.15, 0.2) is 36.5 Å². The molecule has 104 valence electrons. The Morgan fingerprint density at radius 3 is 3.00 bits per heavy atom. The van der Waals surface area contributed by atoms with Crippen LogP contribution in [0.4, 0.5) is 11.6 Å². The van der Waals surface area contributed by atoms with Crippen LogP contribution in [0.1, 0.15) is 6.42 Å². The number of aromatic nitrogens is 2. The van der Waals surface area contributed by atoms with Crippen LogP contribution >= 0.6 is 11.6 Å². The highest BCUT2D eigenvalue weighted by Gasteiger charge is 2.05. The molecule has 0 radical (unpaired) electrons. The van der Waals surface area contributed by atoms with Crippen molar-refractivity contribution in [2.75, 3.05) is 17.7 Å². The van der Waals surface area contributed by atoms with Gasteiger partial charge in [-0.2, -0.15) is 0 Å². The summed E-state index contributed by atoms with van der Waals surface area (Å²) in [5.74, 6) is 0.541. The smallest absolute Gasteiger partial charge is 0.230 e. The second-order valence-corrected chi connectivity index (χ2v) is 4.31. The van der Waals surface area contributed by atoms with Gasteiger partial charge in [-0.15, -0.1) is 0 Å². The van der Waals surface area contributed by atoms with Crippen molar-refractivity contribution in [3.05, 3.63) is 41.7 Å². The monoisotopic (exact) mass is 292 g/mol. The fourth-order valence-electron chi connectivity index (χ4n) is 1.45. The Kier molecular flexibility index (Phi) is 4.73. The number of hydrogen-bond donors (Lipinski definition) is 2. The summed E-state index contributed by atoms with van der Waals surface area (Å²) in [6.07, 6.45) is 1.64. The largest absolute Gasteiger partial charge is 0.493 e. The quantitative estimate of drug-likeness (QED) is 0.651. The van der Waals surface area contributed by atoms with Crippen molar-refractivity contribution in [3.63, 3.8) is 0 Å². The summed E-state index contributed by atoms with van der Waals surface area (Å²) in [5.41, 5.74) is 6.23. The molecular formula is C13H13ClN4O2. The van der Waals surface area contributed by atoms with Crippen LogP contribution in [-0.4, -0.2) is 22.5 Å². The van der Waals surface area contributed by atoms with Gasteiger partial charge in [0, 0.05) is 18.0 Å². The number of carbonyl (C=O) groups is 1. The van der Waals surface area contributed by atoms with E-state index in [1.807, 2.05) is 0 Å². The van der Waals surface area contributed by atoms with Crippen molar-refractivity contribution in [1.29, 1.82) is 0 Å². The van der Waals surface area contributed by atoms with E-state index in [0.29, 0.717) is 11.4 Å². The summed E-state index contributed by atoms with van der Waals surface area (Å²) < 4.78 is 5.41. The normalized spacial score (nSPS) is 10.1. The summed E-state index contributed by atoms with van der Waals surface area (Å²) >= 11 is 5.69. The van der Waals surface area contributed by atoms with Gasteiger partial charge < -0.3 is 10.5 Å². The SMILES string of the molecule is Nc1cccc(OCCC(=O)Nc2nccc(Cl)n2)c1. The molecule has 1 aromatic carbocycles. The molecule has 0 aliphatic heterocycles. The number of hydrogen-bond acceptors (Lipinski definition) is 5. The van der Waals surface area contributed by atoms with Crippen LogP contribution in [0.2, 0.25) is 5.15 Å². The number of nitrogens with two attached hydrogens (primary N) is 1. The summed E-state index contributed by atoms with van der Waals surface area (Å²) in [7, 11) is 0. The van der Waals surface area contributed by atoms with Crippen LogP contribution in [0.3, 0.4) is 0 Å². The first-order chi connectivity index (χ1) is 9.63. The van der Waals surface area contributed by atoms with E-state index in [1.54, 1.807) is 24.3 Å². The van der Waals surface area contributed by atoms with Crippen molar-refractivity contribution in [3.8, 4) is 5.75 Å². The Labute approximate surface area is 120 Å². The highest BCUT2D eigenvalue weighted by atomic mass is 35.5. The van der Waals surface area contributed by atoms with Crippen LogP contribution in [-0.2, 0) is 4.79 Å². The lowest BCUT2D eigenvalue weighted by Gasteiger charge is -2.07. The minimum atomic E-state index is -0.254. The maximum atomic E-state index is 11.6. The molecule has 2 aromatic rings. The van der Waals surface area contributed by atoms with E-state index in [9.17, 15) is 4.79 Å². The minimum Gasteiger partial charge on any atom is -0.493 e. The predicted molar refractivity (Wildman–Crippen MR) is 76.6 cm³/mol. The van der Waals surface area contributed by atoms with Crippen LogP contribution in [0, 0.1) is 0 Å². The molecule has 0 bridgehead atoms. The molecule has 2 rings (SSSR count). The number of amides is 1. The Morgan fingerprint density at radius 1 is 1.40 bits per heavy atom. The number of rotatable bonds is 5. The first kappa shape index (κ1) is 14.1. The van der Waals surface area contributed by atoms with Gasteiger partial charge >= 0.3 is 0 Å². The first-order valence-corrected chi connectivity index (χ1v) is 6.28. The van der Waals surface area contributed by atoms with Gasteiger partial charge in [0.2, 0.25) is 11.9 Å². The summed E-state index contributed by atoms with van der Waals surface area (Å²) in [6.45, 7) is 0.232. The van der Waals surface area contributed by atoms with Gasteiger partial charge in [-0.25, -0.2) is 9.97 Å². The fourth-order valence-corrected chi connectivity index (χ4v) is 1.59. The van der Waals surface area contributed by atoms with E-state index in [-0.39, 0.29) is 30.0 Å². The number of anilines is 2. The number of carbonyl (C=O) groups excluding carboxylic acids is 1. The predicted octanol–water partition coefficient (Wildman–Crippen LogP) is 2.12. The zero-order chi connectivity index (χ0) is 14.4. The molecule has 0 saturated heterocycles. The second kappa shape index (κ2) is 6.72. The third-order valence-electron chi connectivity index (χ3n) is 2.33. The fraction of sp³-hybridized carbons (Fsp3) is 0.154. The molecule has 3 N–H and O–H groups in total. The Balaban J connectivity index is 1.78. The van der Waals surface area contributed by atoms with E-state index >= 15 is 0 Å². The van der Waals surface area contributed by atoms with Crippen molar-refractivity contribution < 1.29 is 9.53 Å². The highest BCUT2D eigenvalue weighted by molar-refractivity contribution is 6.29. The summed E-state index contributed by atoms with van der Waals surface area (Å²) in [5, 5.41) is 2.80. The maximum absolute atomic E-state index is 11.6. The van der Waals surface area contributed by atoms with Gasteiger partial charge in [-0.05, 0) is 18.2 Å². The number of halogens is 1.